The third-order valence-electron chi connectivity index (χ3n) is 5.53. The minimum absolute atomic E-state index is 0.108. The van der Waals surface area contributed by atoms with Gasteiger partial charge in [-0.3, -0.25) is 0 Å². The van der Waals surface area contributed by atoms with Gasteiger partial charge < -0.3 is 20.2 Å². The van der Waals surface area contributed by atoms with Crippen LogP contribution in [-0.4, -0.2) is 31.8 Å². The Morgan fingerprint density at radius 3 is 2.60 bits per heavy atom. The van der Waals surface area contributed by atoms with Crippen molar-refractivity contribution in [1.29, 1.82) is 0 Å². The van der Waals surface area contributed by atoms with E-state index in [9.17, 15) is 13.2 Å². The number of rotatable bonds is 6. The number of hydrogen-bond acceptors (Lipinski definition) is 5. The summed E-state index contributed by atoms with van der Waals surface area (Å²) in [7, 11) is 1.58. The van der Waals surface area contributed by atoms with Crippen molar-refractivity contribution in [2.75, 3.05) is 13.7 Å². The van der Waals surface area contributed by atoms with Crippen LogP contribution in [0.25, 0.3) is 0 Å². The average Bonchev–Trinajstić information content (AvgIpc) is 3.43. The number of oxime groups is 1. The largest absolute Gasteiger partial charge is 0.497 e. The lowest BCUT2D eigenvalue weighted by atomic mass is 9.97. The first-order valence-electron chi connectivity index (χ1n) is 10.0. The van der Waals surface area contributed by atoms with E-state index in [1.807, 2.05) is 24.3 Å². The van der Waals surface area contributed by atoms with Crippen molar-refractivity contribution in [3.63, 3.8) is 0 Å². The van der Waals surface area contributed by atoms with Crippen LogP contribution in [-0.2, 0) is 23.9 Å². The maximum Gasteiger partial charge on any atom is 0.416 e. The Kier molecular flexibility index (Phi) is 5.85. The number of nitrogens with one attached hydrogen (secondary N) is 2. The molecule has 2 heterocycles. The molecule has 0 aliphatic carbocycles. The summed E-state index contributed by atoms with van der Waals surface area (Å²) in [5.41, 5.74) is 0.946. The van der Waals surface area contributed by atoms with Gasteiger partial charge in [0.25, 0.3) is 0 Å². The van der Waals surface area contributed by atoms with Crippen LogP contribution in [0.1, 0.15) is 35.1 Å². The van der Waals surface area contributed by atoms with Crippen LogP contribution in [0, 0.1) is 0 Å². The van der Waals surface area contributed by atoms with Crippen LogP contribution < -0.4 is 15.4 Å². The minimum atomic E-state index is -4.45. The molecule has 0 spiro atoms. The van der Waals surface area contributed by atoms with E-state index in [-0.39, 0.29) is 24.3 Å². The van der Waals surface area contributed by atoms with Crippen molar-refractivity contribution < 1.29 is 22.7 Å². The van der Waals surface area contributed by atoms with Crippen molar-refractivity contribution in [1.82, 2.24) is 10.6 Å². The van der Waals surface area contributed by atoms with E-state index in [0.717, 1.165) is 36.8 Å². The van der Waals surface area contributed by atoms with E-state index in [4.69, 9.17) is 9.57 Å². The molecule has 2 aliphatic heterocycles. The van der Waals surface area contributed by atoms with E-state index in [2.05, 4.69) is 15.8 Å². The van der Waals surface area contributed by atoms with Crippen LogP contribution in [0.5, 0.6) is 5.75 Å². The summed E-state index contributed by atoms with van der Waals surface area (Å²) in [6, 6.07) is 11.8. The molecule has 2 aromatic rings. The second kappa shape index (κ2) is 8.55. The van der Waals surface area contributed by atoms with Gasteiger partial charge in [0.2, 0.25) is 6.23 Å². The Bertz CT molecular complexity index is 907. The van der Waals surface area contributed by atoms with Crippen LogP contribution in [0.15, 0.2) is 47.6 Å². The van der Waals surface area contributed by atoms with E-state index in [1.165, 1.54) is 6.07 Å². The molecule has 2 N–H and O–H groups in total. The molecule has 2 unspecified atom stereocenters. The molecule has 0 aromatic heterocycles. The van der Waals surface area contributed by atoms with Crippen molar-refractivity contribution in [2.45, 2.75) is 44.1 Å². The summed E-state index contributed by atoms with van der Waals surface area (Å²) in [6.07, 6.45) is -2.03. The number of methoxy groups -OCH3 is 1. The first-order chi connectivity index (χ1) is 14.4. The number of halogens is 3. The van der Waals surface area contributed by atoms with Crippen LogP contribution in [0.4, 0.5) is 13.2 Å². The third kappa shape index (κ3) is 4.53. The van der Waals surface area contributed by atoms with Gasteiger partial charge in [0.05, 0.1) is 18.7 Å². The molecule has 5 nitrogen and oxygen atoms in total. The van der Waals surface area contributed by atoms with Crippen molar-refractivity contribution in [3.05, 3.63) is 64.7 Å². The van der Waals surface area contributed by atoms with Crippen LogP contribution >= 0.6 is 0 Å². The zero-order valence-electron chi connectivity index (χ0n) is 16.6. The molecular formula is C22H24F3N3O2. The van der Waals surface area contributed by atoms with Gasteiger partial charge in [-0.15, -0.1) is 0 Å². The topological polar surface area (TPSA) is 54.9 Å². The molecule has 160 valence electrons. The van der Waals surface area contributed by atoms with E-state index in [1.54, 1.807) is 13.2 Å². The summed E-state index contributed by atoms with van der Waals surface area (Å²) in [4.78, 5) is 5.41. The summed E-state index contributed by atoms with van der Waals surface area (Å²) >= 11 is 0. The predicted molar refractivity (Wildman–Crippen MR) is 107 cm³/mol. The summed E-state index contributed by atoms with van der Waals surface area (Å²) in [6.45, 7) is 0.905. The van der Waals surface area contributed by atoms with Crippen LogP contribution in [0.2, 0.25) is 0 Å². The second-order valence-corrected chi connectivity index (χ2v) is 7.53. The van der Waals surface area contributed by atoms with Gasteiger partial charge in [0.1, 0.15) is 5.75 Å². The predicted octanol–water partition coefficient (Wildman–Crippen LogP) is 3.86. The van der Waals surface area contributed by atoms with Gasteiger partial charge in [-0.1, -0.05) is 29.4 Å². The molecule has 0 amide bonds. The van der Waals surface area contributed by atoms with Crippen molar-refractivity contribution in [3.8, 4) is 5.75 Å². The minimum Gasteiger partial charge on any atom is -0.497 e. The summed E-state index contributed by atoms with van der Waals surface area (Å²) in [5.74, 6) is 1.05. The van der Waals surface area contributed by atoms with E-state index >= 15 is 0 Å². The molecule has 1 saturated heterocycles. The molecular weight excluding hydrogens is 395 g/mol. The van der Waals surface area contributed by atoms with Crippen molar-refractivity contribution >= 4 is 5.84 Å². The molecule has 0 bridgehead atoms. The molecule has 30 heavy (non-hydrogen) atoms. The molecule has 2 aliphatic rings. The molecule has 0 saturated carbocycles. The summed E-state index contributed by atoms with van der Waals surface area (Å²) in [5, 5.41) is 10.4. The first kappa shape index (κ1) is 20.5. The molecule has 0 radical (unpaired) electrons. The van der Waals surface area contributed by atoms with E-state index in [0.29, 0.717) is 17.8 Å². The van der Waals surface area contributed by atoms with Gasteiger partial charge in [-0.2, -0.15) is 13.2 Å². The van der Waals surface area contributed by atoms with Crippen LogP contribution in [0.3, 0.4) is 0 Å². The first-order valence-corrected chi connectivity index (χ1v) is 10.0. The Morgan fingerprint density at radius 2 is 1.93 bits per heavy atom. The number of aryl methyl sites for hydroxylation is 2. The Morgan fingerprint density at radius 1 is 1.13 bits per heavy atom. The third-order valence-corrected chi connectivity index (χ3v) is 5.53. The Labute approximate surface area is 173 Å². The molecule has 2 atom stereocenters. The summed E-state index contributed by atoms with van der Waals surface area (Å²) < 4.78 is 46.3. The van der Waals surface area contributed by atoms with Gasteiger partial charge in [-0.25, -0.2) is 0 Å². The number of nitrogens with zero attached hydrogens (tertiary/aromatic N) is 1. The number of benzene rings is 2. The average molecular weight is 419 g/mol. The normalized spacial score (nSPS) is 21.1. The lowest BCUT2D eigenvalue weighted by molar-refractivity contribution is -0.138. The smallest absolute Gasteiger partial charge is 0.416 e. The fraction of sp³-hybridized carbons (Fsp3) is 0.409. The monoisotopic (exact) mass is 419 g/mol. The number of alkyl halides is 3. The van der Waals surface area contributed by atoms with Gasteiger partial charge >= 0.3 is 6.18 Å². The van der Waals surface area contributed by atoms with Crippen molar-refractivity contribution in [2.24, 2.45) is 5.16 Å². The Hall–Kier alpha value is -2.74. The molecule has 8 heteroatoms. The van der Waals surface area contributed by atoms with E-state index < -0.39 is 11.7 Å². The van der Waals surface area contributed by atoms with Gasteiger partial charge in [0.15, 0.2) is 5.84 Å². The molecule has 4 rings (SSSR count). The zero-order chi connectivity index (χ0) is 21.1. The maximum atomic E-state index is 13.7. The quantitative estimate of drug-likeness (QED) is 0.747. The zero-order valence-corrected chi connectivity index (χ0v) is 16.6. The second-order valence-electron chi connectivity index (χ2n) is 7.53. The highest BCUT2D eigenvalue weighted by molar-refractivity contribution is 5.99. The number of amidine groups is 1. The maximum absolute atomic E-state index is 13.7. The number of hydrogen-bond donors (Lipinski definition) is 2. The molecule has 2 aromatic carbocycles. The highest BCUT2D eigenvalue weighted by Crippen LogP contribution is 2.34. The lowest BCUT2D eigenvalue weighted by Gasteiger charge is -2.18. The fourth-order valence-corrected chi connectivity index (χ4v) is 3.85. The highest BCUT2D eigenvalue weighted by atomic mass is 19.4. The SMILES string of the molecule is COc1ccc(CCc2ccc(C3=NOC(C4CCCN4)N3)cc2C(F)(F)F)cc1. The van der Waals surface area contributed by atoms with Gasteiger partial charge in [0, 0.05) is 5.56 Å². The number of ether oxygens (including phenoxy) is 1. The van der Waals surface area contributed by atoms with Gasteiger partial charge in [-0.05, 0) is 61.6 Å². The highest BCUT2D eigenvalue weighted by Gasteiger charge is 2.35. The molecule has 1 fully saturated rings. The fourth-order valence-electron chi connectivity index (χ4n) is 3.85. The Balaban J connectivity index is 1.49. The lowest BCUT2D eigenvalue weighted by Crippen LogP contribution is -2.44. The standard InChI is InChI=1S/C22H24F3N3O2/c1-29-17-10-5-14(6-11-17)4-7-15-8-9-16(13-18(15)22(23,24)25)20-27-21(30-28-20)19-3-2-12-26-19/h5-6,8-11,13,19,21,26H,2-4,7,12H2,1H3,(H,27,28).